The second-order valence-corrected chi connectivity index (χ2v) is 7.09. The van der Waals surface area contributed by atoms with Crippen molar-refractivity contribution in [2.75, 3.05) is 26.1 Å². The quantitative estimate of drug-likeness (QED) is 0.662. The van der Waals surface area contributed by atoms with Crippen molar-refractivity contribution in [1.82, 2.24) is 4.90 Å². The summed E-state index contributed by atoms with van der Waals surface area (Å²) in [6, 6.07) is 19.1. The number of carbonyl (C=O) groups is 1. The molecule has 3 aromatic rings. The number of rotatable bonds is 4. The van der Waals surface area contributed by atoms with Gasteiger partial charge in [0.2, 0.25) is 0 Å². The molecule has 0 saturated heterocycles. The zero-order chi connectivity index (χ0) is 21.1. The van der Waals surface area contributed by atoms with E-state index in [1.165, 1.54) is 17.7 Å². The highest BCUT2D eigenvalue weighted by Gasteiger charge is 2.32. The minimum atomic E-state index is -0.306. The first-order valence-corrected chi connectivity index (χ1v) is 9.73. The largest absolute Gasteiger partial charge is 0.497 e. The Bertz CT molecular complexity index is 1050. The average molecular weight is 406 g/mol. The summed E-state index contributed by atoms with van der Waals surface area (Å²) in [5.41, 5.74) is 3.66. The molecule has 0 spiro atoms. The van der Waals surface area contributed by atoms with Crippen molar-refractivity contribution in [3.8, 4) is 11.5 Å². The van der Waals surface area contributed by atoms with Crippen LogP contribution in [0, 0.1) is 5.82 Å². The number of methoxy groups -OCH3 is 2. The molecular weight excluding hydrogens is 383 g/mol. The first-order valence-electron chi connectivity index (χ1n) is 9.73. The normalized spacial score (nSPS) is 15.3. The summed E-state index contributed by atoms with van der Waals surface area (Å²) < 4.78 is 24.1. The number of ether oxygens (including phenoxy) is 2. The molecule has 2 amide bonds. The third-order valence-electron chi connectivity index (χ3n) is 5.38. The van der Waals surface area contributed by atoms with Crippen molar-refractivity contribution < 1.29 is 18.7 Å². The van der Waals surface area contributed by atoms with Crippen LogP contribution in [-0.4, -0.2) is 31.7 Å². The lowest BCUT2D eigenvalue weighted by Crippen LogP contribution is -2.43. The molecule has 1 unspecified atom stereocenters. The van der Waals surface area contributed by atoms with E-state index in [9.17, 15) is 9.18 Å². The molecule has 1 aliphatic rings. The highest BCUT2D eigenvalue weighted by molar-refractivity contribution is 5.92. The molecule has 0 aliphatic carbocycles. The van der Waals surface area contributed by atoms with Crippen molar-refractivity contribution in [2.24, 2.45) is 0 Å². The molecule has 5 nitrogen and oxygen atoms in total. The Balaban J connectivity index is 1.68. The van der Waals surface area contributed by atoms with E-state index >= 15 is 0 Å². The number of urea groups is 1. The fourth-order valence-corrected chi connectivity index (χ4v) is 3.88. The van der Waals surface area contributed by atoms with E-state index in [1.807, 2.05) is 18.2 Å². The number of nitrogens with one attached hydrogen (secondary N) is 1. The molecule has 30 heavy (non-hydrogen) atoms. The molecule has 0 bridgehead atoms. The summed E-state index contributed by atoms with van der Waals surface area (Å²) in [5, 5.41) is 2.96. The molecule has 1 N–H and O–H groups in total. The zero-order valence-electron chi connectivity index (χ0n) is 16.9. The van der Waals surface area contributed by atoms with E-state index in [0.717, 1.165) is 17.5 Å². The van der Waals surface area contributed by atoms with E-state index < -0.39 is 0 Å². The number of carbonyl (C=O) groups excluding carboxylic acids is 1. The van der Waals surface area contributed by atoms with Crippen LogP contribution in [0.5, 0.6) is 11.5 Å². The Kier molecular flexibility index (Phi) is 5.57. The lowest BCUT2D eigenvalue weighted by molar-refractivity contribution is 0.194. The van der Waals surface area contributed by atoms with Crippen LogP contribution >= 0.6 is 0 Å². The third kappa shape index (κ3) is 3.81. The van der Waals surface area contributed by atoms with Crippen LogP contribution in [0.15, 0.2) is 66.7 Å². The predicted molar refractivity (Wildman–Crippen MR) is 114 cm³/mol. The molecular formula is C24H23FN2O3. The number of fused-ring (bicyclic) bond motifs is 1. The van der Waals surface area contributed by atoms with Gasteiger partial charge in [-0.3, -0.25) is 0 Å². The van der Waals surface area contributed by atoms with Gasteiger partial charge < -0.3 is 19.7 Å². The zero-order valence-corrected chi connectivity index (χ0v) is 16.9. The van der Waals surface area contributed by atoms with E-state index in [-0.39, 0.29) is 17.9 Å². The van der Waals surface area contributed by atoms with Gasteiger partial charge >= 0.3 is 6.03 Å². The number of hydrogen-bond donors (Lipinski definition) is 1. The van der Waals surface area contributed by atoms with Crippen molar-refractivity contribution in [2.45, 2.75) is 12.5 Å². The maximum Gasteiger partial charge on any atom is 0.322 e. The molecule has 0 aromatic heterocycles. The molecule has 154 valence electrons. The predicted octanol–water partition coefficient (Wildman–Crippen LogP) is 5.02. The van der Waals surface area contributed by atoms with Crippen LogP contribution < -0.4 is 14.8 Å². The van der Waals surface area contributed by atoms with Gasteiger partial charge in [0.1, 0.15) is 17.3 Å². The number of benzene rings is 3. The fourth-order valence-electron chi connectivity index (χ4n) is 3.88. The lowest BCUT2D eigenvalue weighted by Gasteiger charge is -2.37. The lowest BCUT2D eigenvalue weighted by atomic mass is 9.88. The Morgan fingerprint density at radius 2 is 1.80 bits per heavy atom. The number of halogens is 1. The van der Waals surface area contributed by atoms with Crippen molar-refractivity contribution >= 4 is 11.7 Å². The van der Waals surface area contributed by atoms with Crippen LogP contribution in [0.25, 0.3) is 0 Å². The minimum absolute atomic E-state index is 0.248. The van der Waals surface area contributed by atoms with Gasteiger partial charge in [-0.1, -0.05) is 36.4 Å². The Hall–Kier alpha value is -3.54. The molecule has 0 saturated carbocycles. The van der Waals surface area contributed by atoms with Crippen LogP contribution in [0.4, 0.5) is 14.9 Å². The van der Waals surface area contributed by atoms with Gasteiger partial charge in [-0.25, -0.2) is 9.18 Å². The van der Waals surface area contributed by atoms with E-state index in [0.29, 0.717) is 23.7 Å². The molecule has 1 heterocycles. The molecule has 3 aromatic carbocycles. The smallest absolute Gasteiger partial charge is 0.322 e. The monoisotopic (exact) mass is 406 g/mol. The van der Waals surface area contributed by atoms with Gasteiger partial charge in [0.15, 0.2) is 0 Å². The minimum Gasteiger partial charge on any atom is -0.497 e. The highest BCUT2D eigenvalue weighted by Crippen LogP contribution is 2.36. The molecule has 4 rings (SSSR count). The van der Waals surface area contributed by atoms with E-state index in [4.69, 9.17) is 9.47 Å². The average Bonchev–Trinajstić information content (AvgIpc) is 2.79. The van der Waals surface area contributed by atoms with Gasteiger partial charge in [-0.05, 0) is 47.4 Å². The summed E-state index contributed by atoms with van der Waals surface area (Å²) in [4.78, 5) is 15.1. The SMILES string of the molecule is COc1ccc(NC(=O)N2CCc3ccccc3C2c2ccc(F)cc2)c(OC)c1. The van der Waals surface area contributed by atoms with Gasteiger partial charge in [0.25, 0.3) is 0 Å². The van der Waals surface area contributed by atoms with Crippen molar-refractivity contribution in [3.63, 3.8) is 0 Å². The molecule has 1 aliphatic heterocycles. The van der Waals surface area contributed by atoms with Gasteiger partial charge in [0, 0.05) is 12.6 Å². The molecule has 6 heteroatoms. The first kappa shape index (κ1) is 19.8. The fraction of sp³-hybridized carbons (Fsp3) is 0.208. The van der Waals surface area contributed by atoms with Gasteiger partial charge in [0.05, 0.1) is 25.9 Å². The van der Waals surface area contributed by atoms with Crippen LogP contribution in [0.2, 0.25) is 0 Å². The number of nitrogens with zero attached hydrogens (tertiary/aromatic N) is 1. The number of amides is 2. The Labute approximate surface area is 175 Å². The Morgan fingerprint density at radius 1 is 1.03 bits per heavy atom. The van der Waals surface area contributed by atoms with Gasteiger partial charge in [-0.15, -0.1) is 0 Å². The first-order chi connectivity index (χ1) is 14.6. The maximum absolute atomic E-state index is 13.5. The Morgan fingerprint density at radius 3 is 2.53 bits per heavy atom. The summed E-state index contributed by atoms with van der Waals surface area (Å²) >= 11 is 0. The van der Waals surface area contributed by atoms with Crippen molar-refractivity contribution in [3.05, 3.63) is 89.2 Å². The standard InChI is InChI=1S/C24H23FN2O3/c1-29-19-11-12-21(22(15-19)30-2)26-24(28)27-14-13-16-5-3-4-6-20(16)23(27)17-7-9-18(25)10-8-17/h3-12,15,23H,13-14H2,1-2H3,(H,26,28). The van der Waals surface area contributed by atoms with Crippen molar-refractivity contribution in [1.29, 1.82) is 0 Å². The summed E-state index contributed by atoms with van der Waals surface area (Å²) in [7, 11) is 3.12. The summed E-state index contributed by atoms with van der Waals surface area (Å²) in [6.07, 6.45) is 0.751. The number of hydrogen-bond acceptors (Lipinski definition) is 3. The van der Waals surface area contributed by atoms with Gasteiger partial charge in [-0.2, -0.15) is 0 Å². The molecule has 1 atom stereocenters. The van der Waals surface area contributed by atoms with E-state index in [2.05, 4.69) is 11.4 Å². The number of anilines is 1. The summed E-state index contributed by atoms with van der Waals surface area (Å²) in [5.74, 6) is 0.848. The summed E-state index contributed by atoms with van der Waals surface area (Å²) in [6.45, 7) is 0.545. The highest BCUT2D eigenvalue weighted by atomic mass is 19.1. The maximum atomic E-state index is 13.5. The van der Waals surface area contributed by atoms with Crippen LogP contribution in [-0.2, 0) is 6.42 Å². The molecule has 0 fully saturated rings. The van der Waals surface area contributed by atoms with E-state index in [1.54, 1.807) is 49.5 Å². The third-order valence-corrected chi connectivity index (χ3v) is 5.38. The molecule has 0 radical (unpaired) electrons. The topological polar surface area (TPSA) is 50.8 Å². The van der Waals surface area contributed by atoms with Crippen LogP contribution in [0.1, 0.15) is 22.7 Å². The van der Waals surface area contributed by atoms with Crippen LogP contribution in [0.3, 0.4) is 0 Å². The second-order valence-electron chi connectivity index (χ2n) is 7.09. The second kappa shape index (κ2) is 8.45.